The van der Waals surface area contributed by atoms with E-state index in [1.54, 1.807) is 11.8 Å². The molecule has 184 valence electrons. The van der Waals surface area contributed by atoms with Gasteiger partial charge in [0.15, 0.2) is 5.69 Å². The lowest BCUT2D eigenvalue weighted by Crippen LogP contribution is -2.54. The first-order valence-corrected chi connectivity index (χ1v) is 11.2. The number of carbonyl (C=O) groups excluding carboxylic acids is 3. The van der Waals surface area contributed by atoms with Crippen LogP contribution in [-0.2, 0) is 31.8 Å². The Morgan fingerprint density at radius 2 is 1.94 bits per heavy atom. The zero-order valence-corrected chi connectivity index (χ0v) is 18.6. The molecular formula is C21H30F3N5O4. The van der Waals surface area contributed by atoms with Crippen molar-refractivity contribution in [2.24, 2.45) is 5.41 Å². The fourth-order valence-corrected chi connectivity index (χ4v) is 4.20. The van der Waals surface area contributed by atoms with E-state index < -0.39 is 23.3 Å². The zero-order valence-electron chi connectivity index (χ0n) is 18.6. The van der Waals surface area contributed by atoms with Crippen LogP contribution in [0.1, 0.15) is 44.7 Å². The van der Waals surface area contributed by atoms with Gasteiger partial charge in [-0.25, -0.2) is 0 Å². The van der Waals surface area contributed by atoms with Crippen LogP contribution in [0.4, 0.5) is 13.2 Å². The van der Waals surface area contributed by atoms with Gasteiger partial charge in [0, 0.05) is 32.4 Å². The summed E-state index contributed by atoms with van der Waals surface area (Å²) in [5, 5.41) is 8.97. The molecule has 2 aliphatic heterocycles. The average Bonchev–Trinajstić information content (AvgIpc) is 3.24. The minimum Gasteiger partial charge on any atom is -0.380 e. The first-order valence-electron chi connectivity index (χ1n) is 11.2. The van der Waals surface area contributed by atoms with Crippen molar-refractivity contribution in [1.82, 2.24) is 25.3 Å². The van der Waals surface area contributed by atoms with Gasteiger partial charge in [0.1, 0.15) is 12.6 Å². The number of carbonyl (C=O) groups is 3. The maximum absolute atomic E-state index is 13.2. The van der Waals surface area contributed by atoms with E-state index in [-0.39, 0.29) is 24.3 Å². The Balaban J connectivity index is 1.62. The van der Waals surface area contributed by atoms with Crippen LogP contribution in [0.3, 0.4) is 0 Å². The van der Waals surface area contributed by atoms with Crippen molar-refractivity contribution in [2.45, 2.75) is 57.8 Å². The summed E-state index contributed by atoms with van der Waals surface area (Å²) in [6.07, 6.45) is -0.465. The van der Waals surface area contributed by atoms with Crippen LogP contribution in [0.5, 0.6) is 0 Å². The van der Waals surface area contributed by atoms with E-state index >= 15 is 0 Å². The Labute approximate surface area is 190 Å². The molecule has 3 heterocycles. The Bertz CT molecular complexity index is 849. The van der Waals surface area contributed by atoms with E-state index in [9.17, 15) is 27.6 Å². The number of halogens is 3. The quantitative estimate of drug-likeness (QED) is 0.674. The molecular weight excluding hydrogens is 443 g/mol. The van der Waals surface area contributed by atoms with Crippen molar-refractivity contribution in [3.63, 3.8) is 0 Å². The molecule has 1 atom stereocenters. The van der Waals surface area contributed by atoms with Crippen LogP contribution >= 0.6 is 0 Å². The van der Waals surface area contributed by atoms with Gasteiger partial charge in [0.05, 0.1) is 12.0 Å². The summed E-state index contributed by atoms with van der Waals surface area (Å²) in [5.41, 5.74) is -1.76. The van der Waals surface area contributed by atoms with E-state index in [4.69, 9.17) is 4.74 Å². The smallest absolute Gasteiger partial charge is 0.380 e. The van der Waals surface area contributed by atoms with E-state index in [1.807, 2.05) is 0 Å². The number of ether oxygens (including phenoxy) is 1. The van der Waals surface area contributed by atoms with E-state index in [0.29, 0.717) is 52.1 Å². The maximum Gasteiger partial charge on any atom is 0.435 e. The number of nitrogens with one attached hydrogen (secondary N) is 2. The predicted octanol–water partition coefficient (Wildman–Crippen LogP) is 1.33. The number of nitrogens with zero attached hydrogens (tertiary/aromatic N) is 3. The minimum absolute atomic E-state index is 0.209. The van der Waals surface area contributed by atoms with Crippen molar-refractivity contribution in [2.75, 3.05) is 32.8 Å². The van der Waals surface area contributed by atoms with Crippen molar-refractivity contribution < 1.29 is 32.3 Å². The third-order valence-electron chi connectivity index (χ3n) is 6.26. The highest BCUT2D eigenvalue weighted by Gasteiger charge is 2.42. The molecule has 0 unspecified atom stereocenters. The molecule has 0 aromatic carbocycles. The highest BCUT2D eigenvalue weighted by atomic mass is 19.4. The number of aromatic nitrogens is 2. The van der Waals surface area contributed by atoms with Crippen molar-refractivity contribution in [1.29, 1.82) is 0 Å². The lowest BCUT2D eigenvalue weighted by molar-refractivity contribution is -0.143. The molecule has 0 aliphatic carbocycles. The zero-order chi connectivity index (χ0) is 24.1. The Kier molecular flexibility index (Phi) is 7.98. The molecule has 9 nitrogen and oxygen atoms in total. The number of alkyl halides is 3. The van der Waals surface area contributed by atoms with Crippen LogP contribution in [0.2, 0.25) is 0 Å². The summed E-state index contributed by atoms with van der Waals surface area (Å²) in [6, 6.07) is 0.133. The summed E-state index contributed by atoms with van der Waals surface area (Å²) in [5.74, 6) is -0.849. The number of likely N-dealkylation sites (tertiary alicyclic amines) is 1. The molecule has 0 saturated carbocycles. The van der Waals surface area contributed by atoms with Gasteiger partial charge in [-0.2, -0.15) is 18.3 Å². The van der Waals surface area contributed by atoms with Gasteiger partial charge >= 0.3 is 6.18 Å². The number of piperidine rings is 1. The molecule has 2 fully saturated rings. The van der Waals surface area contributed by atoms with Gasteiger partial charge in [-0.05, 0) is 38.7 Å². The number of hydrogen-bond acceptors (Lipinski definition) is 5. The van der Waals surface area contributed by atoms with Crippen molar-refractivity contribution in [3.8, 4) is 0 Å². The molecule has 2 saturated heterocycles. The van der Waals surface area contributed by atoms with E-state index in [2.05, 4.69) is 15.7 Å². The van der Waals surface area contributed by atoms with E-state index in [0.717, 1.165) is 29.8 Å². The van der Waals surface area contributed by atoms with Gasteiger partial charge in [-0.1, -0.05) is 6.42 Å². The SMILES string of the molecule is C[C@@H]1NC(=O)C2(CCCCOCCNC1=O)CCN(C(=O)Cn1ccc(C(F)(F)F)n1)CC2. The van der Waals surface area contributed by atoms with Gasteiger partial charge in [-0.15, -0.1) is 0 Å². The topological polar surface area (TPSA) is 106 Å². The summed E-state index contributed by atoms with van der Waals surface area (Å²) in [6.45, 7) is 3.26. The van der Waals surface area contributed by atoms with Crippen molar-refractivity contribution in [3.05, 3.63) is 18.0 Å². The summed E-state index contributed by atoms with van der Waals surface area (Å²) in [7, 11) is 0. The second-order valence-corrected chi connectivity index (χ2v) is 8.61. The van der Waals surface area contributed by atoms with Crippen LogP contribution in [0.25, 0.3) is 0 Å². The monoisotopic (exact) mass is 473 g/mol. The fraction of sp³-hybridized carbons (Fsp3) is 0.714. The average molecular weight is 473 g/mol. The second kappa shape index (κ2) is 10.5. The summed E-state index contributed by atoms with van der Waals surface area (Å²) in [4.78, 5) is 39.5. The molecule has 1 aromatic rings. The van der Waals surface area contributed by atoms with Gasteiger partial charge in [-0.3, -0.25) is 19.1 Å². The molecule has 0 bridgehead atoms. The summed E-state index contributed by atoms with van der Waals surface area (Å²) < 4.78 is 44.7. The predicted molar refractivity (Wildman–Crippen MR) is 111 cm³/mol. The van der Waals surface area contributed by atoms with Gasteiger partial charge in [0.25, 0.3) is 0 Å². The fourth-order valence-electron chi connectivity index (χ4n) is 4.20. The first-order chi connectivity index (χ1) is 15.6. The van der Waals surface area contributed by atoms with Gasteiger partial charge in [0.2, 0.25) is 17.7 Å². The van der Waals surface area contributed by atoms with Gasteiger partial charge < -0.3 is 20.3 Å². The van der Waals surface area contributed by atoms with E-state index in [1.165, 1.54) is 0 Å². The molecule has 3 amide bonds. The van der Waals surface area contributed by atoms with Crippen LogP contribution in [0, 0.1) is 5.41 Å². The molecule has 2 N–H and O–H groups in total. The second-order valence-electron chi connectivity index (χ2n) is 8.61. The Morgan fingerprint density at radius 1 is 1.21 bits per heavy atom. The molecule has 12 heteroatoms. The normalized spacial score (nSPS) is 23.2. The van der Waals surface area contributed by atoms with Crippen molar-refractivity contribution >= 4 is 17.7 Å². The number of rotatable bonds is 2. The highest BCUT2D eigenvalue weighted by Crippen LogP contribution is 2.37. The Morgan fingerprint density at radius 3 is 2.61 bits per heavy atom. The highest BCUT2D eigenvalue weighted by molar-refractivity contribution is 5.90. The standard InChI is InChI=1S/C21H30F3N5O4/c1-15-18(31)25-8-13-33-12-3-2-5-20(19(32)26-15)6-10-28(11-7-20)17(30)14-29-9-4-16(27-29)21(22,23)24/h4,9,15H,2-3,5-8,10-14H2,1H3,(H,25,31)(H,26,32)/t15-/m0/s1. The largest absolute Gasteiger partial charge is 0.435 e. The molecule has 0 radical (unpaired) electrons. The molecule has 1 aromatic heterocycles. The van der Waals surface area contributed by atoms with Crippen LogP contribution < -0.4 is 10.6 Å². The number of amides is 3. The minimum atomic E-state index is -4.56. The number of hydrogen-bond donors (Lipinski definition) is 2. The lowest BCUT2D eigenvalue weighted by atomic mass is 9.73. The molecule has 2 aliphatic rings. The first kappa shape index (κ1) is 25.0. The summed E-state index contributed by atoms with van der Waals surface area (Å²) >= 11 is 0. The lowest BCUT2D eigenvalue weighted by Gasteiger charge is -2.41. The molecule has 3 rings (SSSR count). The molecule has 33 heavy (non-hydrogen) atoms. The maximum atomic E-state index is 13.2. The third-order valence-corrected chi connectivity index (χ3v) is 6.26. The third kappa shape index (κ3) is 6.46. The molecule has 1 spiro atoms. The Hall–Kier alpha value is -2.63. The van der Waals surface area contributed by atoms with Crippen LogP contribution in [0.15, 0.2) is 12.3 Å². The van der Waals surface area contributed by atoms with Crippen LogP contribution in [-0.4, -0.2) is 71.3 Å².